The number of carbonyl (C=O) groups is 3. The number of piperidine rings is 1. The van der Waals surface area contributed by atoms with Crippen molar-refractivity contribution in [2.45, 2.75) is 51.0 Å². The van der Waals surface area contributed by atoms with Crippen LogP contribution in [0.4, 0.5) is 4.79 Å². The van der Waals surface area contributed by atoms with Crippen LogP contribution in [0, 0.1) is 0 Å². The number of aromatic nitrogens is 2. The molecule has 1 fully saturated rings. The number of benzene rings is 1. The van der Waals surface area contributed by atoms with Gasteiger partial charge in [-0.2, -0.15) is 0 Å². The molecule has 0 aliphatic carbocycles. The van der Waals surface area contributed by atoms with Gasteiger partial charge in [-0.05, 0) is 49.1 Å². The number of carbonyl (C=O) groups excluding carboxylic acids is 2. The van der Waals surface area contributed by atoms with Gasteiger partial charge in [-0.25, -0.2) is 9.78 Å². The van der Waals surface area contributed by atoms with E-state index < -0.39 is 6.09 Å². The number of nitrogens with one attached hydrogen (secondary N) is 2. The summed E-state index contributed by atoms with van der Waals surface area (Å²) in [6.45, 7) is 3.37. The van der Waals surface area contributed by atoms with Crippen LogP contribution in [0.5, 0.6) is 0 Å². The van der Waals surface area contributed by atoms with E-state index >= 15 is 0 Å². The lowest BCUT2D eigenvalue weighted by Gasteiger charge is -2.31. The molecule has 3 amide bonds. The number of amides is 3. The Kier molecular flexibility index (Phi) is 8.66. The summed E-state index contributed by atoms with van der Waals surface area (Å²) in [5.74, 6) is -0.272. The third-order valence-corrected chi connectivity index (χ3v) is 6.91. The molecule has 2 aromatic heterocycles. The molecule has 0 radical (unpaired) electrons. The highest BCUT2D eigenvalue weighted by Crippen LogP contribution is 2.23. The lowest BCUT2D eigenvalue weighted by Crippen LogP contribution is -2.49. The first-order valence-electron chi connectivity index (χ1n) is 12.6. The van der Waals surface area contributed by atoms with Crippen molar-refractivity contribution < 1.29 is 19.5 Å². The number of rotatable bonds is 9. The summed E-state index contributed by atoms with van der Waals surface area (Å²) in [6.07, 6.45) is 4.14. The molecule has 1 aromatic carbocycles. The molecular formula is C27H32ClN5O4. The third-order valence-electron chi connectivity index (χ3n) is 6.66. The molecular weight excluding hydrogens is 494 g/mol. The molecule has 10 heteroatoms. The fraction of sp³-hybridized carbons (Fsp3) is 0.407. The molecule has 3 N–H and O–H groups in total. The predicted octanol–water partition coefficient (Wildman–Crippen LogP) is 4.10. The summed E-state index contributed by atoms with van der Waals surface area (Å²) in [4.78, 5) is 42.8. The van der Waals surface area contributed by atoms with Crippen molar-refractivity contribution in [1.29, 1.82) is 0 Å². The Morgan fingerprint density at radius 1 is 1.19 bits per heavy atom. The number of halogens is 1. The van der Waals surface area contributed by atoms with Crippen molar-refractivity contribution in [3.63, 3.8) is 0 Å². The topological polar surface area (TPSA) is 116 Å². The highest BCUT2D eigenvalue weighted by atomic mass is 35.5. The van der Waals surface area contributed by atoms with E-state index in [1.165, 1.54) is 4.90 Å². The lowest BCUT2D eigenvalue weighted by molar-refractivity contribution is -0.121. The van der Waals surface area contributed by atoms with Crippen LogP contribution < -0.4 is 10.6 Å². The minimum atomic E-state index is -0.973. The first-order valence-corrected chi connectivity index (χ1v) is 13.0. The van der Waals surface area contributed by atoms with Crippen LogP contribution in [0.15, 0.2) is 48.7 Å². The summed E-state index contributed by atoms with van der Waals surface area (Å²) in [7, 11) is 0. The van der Waals surface area contributed by atoms with E-state index in [9.17, 15) is 19.5 Å². The standard InChI is InChI=1S/C27H32ClN5O4/c1-2-5-19(18-9-11-20(28)12-10-18)15-29-26(35)23-7-3-8-24-30-22(17-33(23)24)14-25(34)31-21-6-4-13-32(16-21)27(36)37/h3,7-12,17,19,21H,2,4-6,13-16H2,1H3,(H,29,35)(H,31,34)(H,36,37)/t19?,21-/m1/s1. The maximum atomic E-state index is 13.1. The van der Waals surface area contributed by atoms with Crippen molar-refractivity contribution in [1.82, 2.24) is 24.9 Å². The zero-order valence-corrected chi connectivity index (χ0v) is 21.6. The van der Waals surface area contributed by atoms with E-state index in [2.05, 4.69) is 22.5 Å². The first-order chi connectivity index (χ1) is 17.8. The summed E-state index contributed by atoms with van der Waals surface area (Å²) in [5.41, 5.74) is 2.68. The minimum absolute atomic E-state index is 0.0431. The van der Waals surface area contributed by atoms with E-state index in [-0.39, 0.29) is 36.7 Å². The van der Waals surface area contributed by atoms with Crippen molar-refractivity contribution in [3.05, 3.63) is 70.6 Å². The van der Waals surface area contributed by atoms with E-state index in [1.54, 1.807) is 28.8 Å². The molecule has 1 unspecified atom stereocenters. The van der Waals surface area contributed by atoms with E-state index in [4.69, 9.17) is 11.6 Å². The van der Waals surface area contributed by atoms with Gasteiger partial charge in [0.2, 0.25) is 5.91 Å². The molecule has 0 bridgehead atoms. The van der Waals surface area contributed by atoms with Gasteiger partial charge >= 0.3 is 6.09 Å². The maximum Gasteiger partial charge on any atom is 0.407 e. The van der Waals surface area contributed by atoms with Crippen LogP contribution >= 0.6 is 11.6 Å². The zero-order chi connectivity index (χ0) is 26.4. The highest BCUT2D eigenvalue weighted by Gasteiger charge is 2.24. The molecule has 2 atom stereocenters. The monoisotopic (exact) mass is 525 g/mol. The van der Waals surface area contributed by atoms with E-state index in [0.29, 0.717) is 41.6 Å². The van der Waals surface area contributed by atoms with Crippen LogP contribution in [0.3, 0.4) is 0 Å². The van der Waals surface area contributed by atoms with Gasteiger partial charge < -0.3 is 20.6 Å². The average molecular weight is 526 g/mol. The molecule has 3 aromatic rings. The molecule has 0 spiro atoms. The Morgan fingerprint density at radius 2 is 1.97 bits per heavy atom. The Hall–Kier alpha value is -3.59. The molecule has 196 valence electrons. The van der Waals surface area contributed by atoms with Gasteiger partial charge in [0, 0.05) is 42.8 Å². The number of pyridine rings is 1. The molecule has 4 rings (SSSR count). The zero-order valence-electron chi connectivity index (χ0n) is 20.8. The van der Waals surface area contributed by atoms with Gasteiger partial charge in [0.25, 0.3) is 5.91 Å². The maximum absolute atomic E-state index is 13.1. The number of carboxylic acid groups (broad SMARTS) is 1. The van der Waals surface area contributed by atoms with Gasteiger partial charge in [-0.1, -0.05) is 43.1 Å². The molecule has 0 saturated carbocycles. The lowest BCUT2D eigenvalue weighted by atomic mass is 9.94. The fourth-order valence-corrected chi connectivity index (χ4v) is 4.95. The minimum Gasteiger partial charge on any atom is -0.465 e. The number of hydrogen-bond donors (Lipinski definition) is 3. The van der Waals surface area contributed by atoms with E-state index in [0.717, 1.165) is 24.8 Å². The Balaban J connectivity index is 1.40. The quantitative estimate of drug-likeness (QED) is 0.389. The van der Waals surface area contributed by atoms with Crippen molar-refractivity contribution in [3.8, 4) is 0 Å². The Labute approximate surface area is 220 Å². The third kappa shape index (κ3) is 6.80. The Bertz CT molecular complexity index is 1260. The number of likely N-dealkylation sites (tertiary alicyclic amines) is 1. The summed E-state index contributed by atoms with van der Waals surface area (Å²) >= 11 is 6.03. The number of nitrogens with zero attached hydrogens (tertiary/aromatic N) is 3. The second kappa shape index (κ2) is 12.1. The number of fused-ring (bicyclic) bond motifs is 1. The second-order valence-corrected chi connectivity index (χ2v) is 9.87. The highest BCUT2D eigenvalue weighted by molar-refractivity contribution is 6.30. The second-order valence-electron chi connectivity index (χ2n) is 9.43. The first kappa shape index (κ1) is 26.5. The van der Waals surface area contributed by atoms with Gasteiger partial charge in [-0.15, -0.1) is 0 Å². The van der Waals surface area contributed by atoms with Crippen molar-refractivity contribution in [2.75, 3.05) is 19.6 Å². The fourth-order valence-electron chi connectivity index (χ4n) is 4.82. The molecule has 37 heavy (non-hydrogen) atoms. The summed E-state index contributed by atoms with van der Waals surface area (Å²) in [6, 6.07) is 12.8. The number of imidazole rings is 1. The normalized spacial score (nSPS) is 16.4. The predicted molar refractivity (Wildman–Crippen MR) is 141 cm³/mol. The van der Waals surface area contributed by atoms with Gasteiger partial charge in [0.15, 0.2) is 0 Å². The van der Waals surface area contributed by atoms with Crippen LogP contribution in [0.2, 0.25) is 5.02 Å². The van der Waals surface area contributed by atoms with Crippen molar-refractivity contribution in [2.24, 2.45) is 0 Å². The van der Waals surface area contributed by atoms with Gasteiger partial charge in [0.05, 0.1) is 12.1 Å². The van der Waals surface area contributed by atoms with Gasteiger partial charge in [-0.3, -0.25) is 14.0 Å². The largest absolute Gasteiger partial charge is 0.465 e. The molecule has 1 aliphatic rings. The smallest absolute Gasteiger partial charge is 0.407 e. The molecule has 1 saturated heterocycles. The molecule has 9 nitrogen and oxygen atoms in total. The van der Waals surface area contributed by atoms with Crippen LogP contribution in [-0.4, -0.2) is 63.0 Å². The molecule has 1 aliphatic heterocycles. The van der Waals surface area contributed by atoms with Crippen LogP contribution in [-0.2, 0) is 11.2 Å². The SMILES string of the molecule is CCCC(CNC(=O)c1cccc2nc(CC(=O)N[C@@H]3CCCN(C(=O)O)C3)cn12)c1ccc(Cl)cc1. The average Bonchev–Trinajstić information content (AvgIpc) is 3.29. The van der Waals surface area contributed by atoms with Crippen LogP contribution in [0.1, 0.15) is 60.3 Å². The summed E-state index contributed by atoms with van der Waals surface area (Å²) in [5, 5.41) is 15.9. The van der Waals surface area contributed by atoms with Crippen molar-refractivity contribution >= 4 is 35.2 Å². The number of hydrogen-bond acceptors (Lipinski definition) is 4. The summed E-state index contributed by atoms with van der Waals surface area (Å²) < 4.78 is 1.70. The van der Waals surface area contributed by atoms with Crippen LogP contribution in [0.25, 0.3) is 5.65 Å². The molecule has 3 heterocycles. The van der Waals surface area contributed by atoms with E-state index in [1.807, 2.05) is 24.3 Å². The Morgan fingerprint density at radius 3 is 2.70 bits per heavy atom. The van der Waals surface area contributed by atoms with Gasteiger partial charge in [0.1, 0.15) is 11.3 Å².